The number of sulfonamides is 1. The molecule has 21 heavy (non-hydrogen) atoms. The van der Waals surface area contributed by atoms with Gasteiger partial charge >= 0.3 is 0 Å². The van der Waals surface area contributed by atoms with Crippen LogP contribution in [0, 0.1) is 11.3 Å². The lowest BCUT2D eigenvalue weighted by molar-refractivity contribution is -0.0319. The first-order valence-corrected chi connectivity index (χ1v) is 8.11. The number of nitrogens with zero attached hydrogens (tertiary/aromatic N) is 2. The van der Waals surface area contributed by atoms with Crippen LogP contribution in [0.3, 0.4) is 0 Å². The summed E-state index contributed by atoms with van der Waals surface area (Å²) in [5, 5.41) is 8.82. The summed E-state index contributed by atoms with van der Waals surface area (Å²) in [5.74, 6) is 0. The Kier molecular flexibility index (Phi) is 4.23. The van der Waals surface area contributed by atoms with Gasteiger partial charge in [0.05, 0.1) is 22.9 Å². The van der Waals surface area contributed by atoms with Crippen LogP contribution in [0.4, 0.5) is 5.69 Å². The van der Waals surface area contributed by atoms with Gasteiger partial charge in [-0.1, -0.05) is 0 Å². The molecule has 1 aromatic carbocycles. The Balaban J connectivity index is 2.36. The molecule has 0 aliphatic carbocycles. The van der Waals surface area contributed by atoms with Crippen LogP contribution in [0.2, 0.25) is 0 Å². The van der Waals surface area contributed by atoms with Crippen LogP contribution in [-0.2, 0) is 14.8 Å². The molecule has 0 radical (unpaired) electrons. The molecule has 0 bridgehead atoms. The Bertz CT molecular complexity index is 681. The smallest absolute Gasteiger partial charge is 0.245 e. The summed E-state index contributed by atoms with van der Waals surface area (Å²) < 4.78 is 32.3. The predicted molar refractivity (Wildman–Crippen MR) is 79.0 cm³/mol. The van der Waals surface area contributed by atoms with Crippen molar-refractivity contribution in [2.24, 2.45) is 0 Å². The molecular weight excluding hydrogens is 290 g/mol. The maximum Gasteiger partial charge on any atom is 0.245 e. The molecule has 0 saturated carbocycles. The second-order valence-electron chi connectivity index (χ2n) is 5.46. The van der Waals surface area contributed by atoms with Gasteiger partial charge in [-0.3, -0.25) is 0 Å². The van der Waals surface area contributed by atoms with Gasteiger partial charge in [0.15, 0.2) is 0 Å². The highest BCUT2D eigenvalue weighted by atomic mass is 32.2. The van der Waals surface area contributed by atoms with Gasteiger partial charge in [0.1, 0.15) is 4.90 Å². The number of anilines is 1. The average Bonchev–Trinajstić information content (AvgIpc) is 2.46. The zero-order valence-corrected chi connectivity index (χ0v) is 13.0. The van der Waals surface area contributed by atoms with E-state index in [2.05, 4.69) is 0 Å². The second-order valence-corrected chi connectivity index (χ2v) is 7.37. The number of piperidine rings is 1. The van der Waals surface area contributed by atoms with E-state index in [-0.39, 0.29) is 10.6 Å². The molecule has 0 spiro atoms. The number of nitrogen functional groups attached to an aromatic ring is 1. The fraction of sp³-hybridized carbons (Fsp3) is 0.500. The summed E-state index contributed by atoms with van der Waals surface area (Å²) in [7, 11) is -2.09. The largest absolute Gasteiger partial charge is 0.398 e. The molecule has 1 unspecified atom stereocenters. The van der Waals surface area contributed by atoms with Crippen LogP contribution in [0.1, 0.15) is 25.3 Å². The van der Waals surface area contributed by atoms with E-state index in [0.717, 1.165) is 12.8 Å². The lowest BCUT2D eigenvalue weighted by Crippen LogP contribution is -2.49. The third kappa shape index (κ3) is 3.02. The number of hydrogen-bond acceptors (Lipinski definition) is 5. The number of benzene rings is 1. The zero-order chi connectivity index (χ0) is 15.7. The van der Waals surface area contributed by atoms with E-state index in [9.17, 15) is 8.42 Å². The highest BCUT2D eigenvalue weighted by Gasteiger charge is 2.37. The molecule has 1 heterocycles. The van der Waals surface area contributed by atoms with Crippen LogP contribution in [-0.4, -0.2) is 38.5 Å². The maximum absolute atomic E-state index is 12.7. The summed E-state index contributed by atoms with van der Waals surface area (Å²) >= 11 is 0. The van der Waals surface area contributed by atoms with E-state index >= 15 is 0 Å². The van der Waals surface area contributed by atoms with Crippen molar-refractivity contribution in [3.05, 3.63) is 23.8 Å². The maximum atomic E-state index is 12.7. The molecule has 6 nitrogen and oxygen atoms in total. The number of nitriles is 1. The van der Waals surface area contributed by atoms with E-state index in [0.29, 0.717) is 18.7 Å². The summed E-state index contributed by atoms with van der Waals surface area (Å²) in [5.41, 5.74) is 5.76. The number of hydrogen-bond donors (Lipinski definition) is 1. The number of methoxy groups -OCH3 is 1. The highest BCUT2D eigenvalue weighted by molar-refractivity contribution is 7.89. The first-order valence-electron chi connectivity index (χ1n) is 6.67. The molecule has 7 heteroatoms. The van der Waals surface area contributed by atoms with Crippen molar-refractivity contribution in [1.82, 2.24) is 4.31 Å². The summed E-state index contributed by atoms with van der Waals surface area (Å²) in [6, 6.07) is 6.17. The van der Waals surface area contributed by atoms with Gasteiger partial charge in [-0.15, -0.1) is 0 Å². The van der Waals surface area contributed by atoms with E-state index < -0.39 is 15.6 Å². The standard InChI is InChI=1S/C14H19N3O3S/c1-14(20-2)6-3-7-17(10-14)21(18,19)13-5-4-11(9-15)8-12(13)16/h4-5,8H,3,6-7,10,16H2,1-2H3. The minimum absolute atomic E-state index is 0.0434. The molecule has 2 rings (SSSR count). The highest BCUT2D eigenvalue weighted by Crippen LogP contribution is 2.30. The van der Waals surface area contributed by atoms with Crippen LogP contribution in [0.15, 0.2) is 23.1 Å². The Hall–Kier alpha value is -1.62. The predicted octanol–water partition coefficient (Wildman–Crippen LogP) is 1.33. The molecule has 1 fully saturated rings. The van der Waals surface area contributed by atoms with Crippen molar-refractivity contribution >= 4 is 15.7 Å². The Morgan fingerprint density at radius 1 is 1.48 bits per heavy atom. The molecule has 0 aromatic heterocycles. The number of nitrogens with two attached hydrogens (primary N) is 1. The number of rotatable bonds is 3. The van der Waals surface area contributed by atoms with Gasteiger partial charge in [-0.2, -0.15) is 9.57 Å². The summed E-state index contributed by atoms with van der Waals surface area (Å²) in [4.78, 5) is 0.0434. The quantitative estimate of drug-likeness (QED) is 0.850. The topological polar surface area (TPSA) is 96.4 Å². The first-order chi connectivity index (χ1) is 9.82. The Labute approximate surface area is 125 Å². The van der Waals surface area contributed by atoms with Gasteiger partial charge < -0.3 is 10.5 Å². The molecule has 1 atom stereocenters. The van der Waals surface area contributed by atoms with E-state index in [1.165, 1.54) is 22.5 Å². The van der Waals surface area contributed by atoms with Crippen molar-refractivity contribution < 1.29 is 13.2 Å². The number of ether oxygens (including phenoxy) is 1. The van der Waals surface area contributed by atoms with Crippen molar-refractivity contribution in [3.8, 4) is 6.07 Å². The lowest BCUT2D eigenvalue weighted by Gasteiger charge is -2.38. The Morgan fingerprint density at radius 2 is 2.19 bits per heavy atom. The van der Waals surface area contributed by atoms with Gasteiger partial charge in [0.2, 0.25) is 10.0 Å². The monoisotopic (exact) mass is 309 g/mol. The van der Waals surface area contributed by atoms with Gasteiger partial charge in [-0.05, 0) is 38.0 Å². The van der Waals surface area contributed by atoms with E-state index in [1.54, 1.807) is 7.11 Å². The third-order valence-electron chi connectivity index (χ3n) is 3.87. The summed E-state index contributed by atoms with van der Waals surface area (Å²) in [6.45, 7) is 2.64. The zero-order valence-electron chi connectivity index (χ0n) is 12.2. The van der Waals surface area contributed by atoms with Crippen molar-refractivity contribution in [1.29, 1.82) is 5.26 Å². The molecule has 0 amide bonds. The first kappa shape index (κ1) is 15.8. The van der Waals surface area contributed by atoms with Gasteiger partial charge in [0, 0.05) is 20.2 Å². The van der Waals surface area contributed by atoms with E-state index in [1.807, 2.05) is 13.0 Å². The fourth-order valence-electron chi connectivity index (χ4n) is 2.52. The summed E-state index contributed by atoms with van der Waals surface area (Å²) in [6.07, 6.45) is 1.55. The fourth-order valence-corrected chi connectivity index (χ4v) is 4.21. The van der Waals surface area contributed by atoms with Crippen LogP contribution < -0.4 is 5.73 Å². The minimum atomic E-state index is -3.68. The molecule has 114 valence electrons. The van der Waals surface area contributed by atoms with Gasteiger partial charge in [-0.25, -0.2) is 8.42 Å². The Morgan fingerprint density at radius 3 is 2.76 bits per heavy atom. The molecule has 2 N–H and O–H groups in total. The van der Waals surface area contributed by atoms with E-state index in [4.69, 9.17) is 15.7 Å². The van der Waals surface area contributed by atoms with Crippen molar-refractivity contribution in [2.75, 3.05) is 25.9 Å². The molecule has 1 saturated heterocycles. The minimum Gasteiger partial charge on any atom is -0.398 e. The molecule has 1 aliphatic rings. The van der Waals surface area contributed by atoms with Crippen LogP contribution in [0.5, 0.6) is 0 Å². The normalized spacial score (nSPS) is 23.7. The van der Waals surface area contributed by atoms with Crippen molar-refractivity contribution in [2.45, 2.75) is 30.3 Å². The van der Waals surface area contributed by atoms with Crippen LogP contribution >= 0.6 is 0 Å². The molecule has 1 aliphatic heterocycles. The molecular formula is C14H19N3O3S. The van der Waals surface area contributed by atoms with Crippen molar-refractivity contribution in [3.63, 3.8) is 0 Å². The third-order valence-corrected chi connectivity index (χ3v) is 5.79. The van der Waals surface area contributed by atoms with Crippen LogP contribution in [0.25, 0.3) is 0 Å². The van der Waals surface area contributed by atoms with Gasteiger partial charge in [0.25, 0.3) is 0 Å². The molecule has 1 aromatic rings. The average molecular weight is 309 g/mol. The lowest BCUT2D eigenvalue weighted by atomic mass is 9.96. The SMILES string of the molecule is COC1(C)CCCN(S(=O)(=O)c2ccc(C#N)cc2N)C1. The second kappa shape index (κ2) is 5.64.